The summed E-state index contributed by atoms with van der Waals surface area (Å²) in [7, 11) is 0. The van der Waals surface area contributed by atoms with Gasteiger partial charge in [0.05, 0.1) is 46.1 Å². The highest BCUT2D eigenvalue weighted by molar-refractivity contribution is 6.40. The molecule has 0 amide bonds. The van der Waals surface area contributed by atoms with Gasteiger partial charge in [0.1, 0.15) is 6.61 Å². The summed E-state index contributed by atoms with van der Waals surface area (Å²) in [5.41, 5.74) is 0.220. The lowest BCUT2D eigenvalue weighted by Gasteiger charge is -2.09. The third-order valence-electron chi connectivity index (χ3n) is 4.26. The van der Waals surface area contributed by atoms with Gasteiger partial charge < -0.3 is 23.7 Å². The molecule has 8 nitrogen and oxygen atoms in total. The highest BCUT2D eigenvalue weighted by atomic mass is 19.2. The number of ketones is 1. The first kappa shape index (κ1) is 28.8. The van der Waals surface area contributed by atoms with E-state index in [-0.39, 0.29) is 51.8 Å². The van der Waals surface area contributed by atoms with Crippen LogP contribution in [-0.2, 0) is 28.5 Å². The smallest absolute Gasteiger partial charge is 0.379 e. The highest BCUT2D eigenvalue weighted by Crippen LogP contribution is 2.29. The molecule has 0 aliphatic carbocycles. The van der Waals surface area contributed by atoms with Gasteiger partial charge in [-0.3, -0.25) is 9.59 Å². The minimum atomic E-state index is -2.36. The van der Waals surface area contributed by atoms with Crippen molar-refractivity contribution < 1.29 is 60.0 Å². The van der Waals surface area contributed by atoms with Crippen molar-refractivity contribution in [3.63, 3.8) is 0 Å². The quantitative estimate of drug-likeness (QED) is 0.0517. The number of benzene rings is 2. The third kappa shape index (κ3) is 8.66. The Balaban J connectivity index is 1.48. The fraction of sp³-hybridized carbons (Fsp3) is 0.348. The Labute approximate surface area is 201 Å². The summed E-state index contributed by atoms with van der Waals surface area (Å²) in [4.78, 5) is 35.0. The van der Waals surface area contributed by atoms with Gasteiger partial charge >= 0.3 is 11.9 Å². The molecule has 13 heteroatoms. The van der Waals surface area contributed by atoms with Crippen molar-refractivity contribution >= 4 is 17.7 Å². The molecule has 2 rings (SSSR count). The van der Waals surface area contributed by atoms with E-state index >= 15 is 0 Å². The average molecular weight is 520 g/mol. The summed E-state index contributed by atoms with van der Waals surface area (Å²) in [6, 6.07) is 7.94. The SMILES string of the molecule is O=C(CCOCCOCCOCCOC(=O)C(=O)c1ccccc1)Oc1c(F)c(F)c(F)c(F)c1F. The van der Waals surface area contributed by atoms with Crippen LogP contribution in [0.25, 0.3) is 0 Å². The number of carbonyl (C=O) groups excluding carboxylic acids is 3. The zero-order valence-electron chi connectivity index (χ0n) is 18.7. The van der Waals surface area contributed by atoms with Crippen LogP contribution in [0.3, 0.4) is 0 Å². The van der Waals surface area contributed by atoms with Crippen LogP contribution in [0.5, 0.6) is 5.75 Å². The van der Waals surface area contributed by atoms with Crippen molar-refractivity contribution in [1.82, 2.24) is 0 Å². The minimum absolute atomic E-state index is 0.0228. The molecule has 0 aliphatic heterocycles. The van der Waals surface area contributed by atoms with Gasteiger partial charge in [-0.15, -0.1) is 0 Å². The number of hydrogen-bond acceptors (Lipinski definition) is 8. The first-order valence-corrected chi connectivity index (χ1v) is 10.5. The fourth-order valence-electron chi connectivity index (χ4n) is 2.50. The van der Waals surface area contributed by atoms with E-state index in [0.717, 1.165) is 0 Å². The van der Waals surface area contributed by atoms with Crippen LogP contribution < -0.4 is 4.74 Å². The zero-order chi connectivity index (χ0) is 26.5. The van der Waals surface area contributed by atoms with E-state index in [1.807, 2.05) is 0 Å². The molecule has 0 aromatic heterocycles. The normalized spacial score (nSPS) is 10.8. The molecule has 0 radical (unpaired) electrons. The number of halogens is 5. The van der Waals surface area contributed by atoms with Crippen LogP contribution in [0.2, 0.25) is 0 Å². The standard InChI is InChI=1S/C23H21F5O8/c24-16-17(25)19(27)22(20(28)18(16)26)36-15(29)6-7-32-8-9-33-10-11-34-12-13-35-23(31)21(30)14-4-2-1-3-5-14/h1-5H,6-13H2. The fourth-order valence-corrected chi connectivity index (χ4v) is 2.50. The molecule has 0 bridgehead atoms. The monoisotopic (exact) mass is 520 g/mol. The molecule has 0 aliphatic rings. The molecule has 0 N–H and O–H groups in total. The second-order valence-electron chi connectivity index (χ2n) is 6.79. The molecule has 0 spiro atoms. The lowest BCUT2D eigenvalue weighted by atomic mass is 10.1. The molecule has 36 heavy (non-hydrogen) atoms. The predicted molar refractivity (Wildman–Crippen MR) is 111 cm³/mol. The van der Waals surface area contributed by atoms with Crippen LogP contribution in [0.15, 0.2) is 30.3 Å². The van der Waals surface area contributed by atoms with Crippen LogP contribution >= 0.6 is 0 Å². The summed E-state index contributed by atoms with van der Waals surface area (Å²) >= 11 is 0. The van der Waals surface area contributed by atoms with Crippen molar-refractivity contribution in [2.75, 3.05) is 46.2 Å². The van der Waals surface area contributed by atoms with Gasteiger partial charge in [0.2, 0.25) is 34.8 Å². The van der Waals surface area contributed by atoms with Crippen molar-refractivity contribution in [2.45, 2.75) is 6.42 Å². The Morgan fingerprint density at radius 1 is 0.611 bits per heavy atom. The molecule has 0 fully saturated rings. The average Bonchev–Trinajstić information content (AvgIpc) is 2.89. The number of hydrogen-bond donors (Lipinski definition) is 0. The Hall–Kier alpha value is -3.42. The molecule has 196 valence electrons. The third-order valence-corrected chi connectivity index (χ3v) is 4.26. The highest BCUT2D eigenvalue weighted by Gasteiger charge is 2.28. The van der Waals surface area contributed by atoms with Gasteiger partial charge in [0.25, 0.3) is 5.78 Å². The lowest BCUT2D eigenvalue weighted by molar-refractivity contribution is -0.140. The van der Waals surface area contributed by atoms with Crippen LogP contribution in [-0.4, -0.2) is 64.0 Å². The zero-order valence-corrected chi connectivity index (χ0v) is 18.7. The Morgan fingerprint density at radius 3 is 1.64 bits per heavy atom. The molecule has 0 saturated heterocycles. The van der Waals surface area contributed by atoms with Crippen molar-refractivity contribution in [1.29, 1.82) is 0 Å². The molecule has 0 unspecified atom stereocenters. The maximum atomic E-state index is 13.5. The van der Waals surface area contributed by atoms with E-state index < -0.39 is 59.0 Å². The van der Waals surface area contributed by atoms with Crippen molar-refractivity contribution in [3.8, 4) is 5.75 Å². The van der Waals surface area contributed by atoms with Crippen LogP contribution in [0.1, 0.15) is 16.8 Å². The van der Waals surface area contributed by atoms with Gasteiger partial charge in [-0.05, 0) is 0 Å². The number of esters is 2. The largest absolute Gasteiger partial charge is 0.457 e. The molecule has 0 saturated carbocycles. The van der Waals surface area contributed by atoms with E-state index in [4.69, 9.17) is 18.9 Å². The van der Waals surface area contributed by atoms with Gasteiger partial charge in [0.15, 0.2) is 0 Å². The van der Waals surface area contributed by atoms with Crippen molar-refractivity contribution in [3.05, 3.63) is 65.0 Å². The summed E-state index contributed by atoms with van der Waals surface area (Å²) in [5, 5.41) is 0. The second-order valence-corrected chi connectivity index (χ2v) is 6.79. The number of carbonyl (C=O) groups is 3. The summed E-state index contributed by atoms with van der Waals surface area (Å²) in [6.07, 6.45) is -0.520. The number of Topliss-reactive ketones (excluding diaryl/α,β-unsaturated/α-hetero) is 1. The minimum Gasteiger partial charge on any atom is -0.457 e. The Kier molecular flexibility index (Phi) is 11.9. The second kappa shape index (κ2) is 14.9. The van der Waals surface area contributed by atoms with E-state index in [1.54, 1.807) is 18.2 Å². The summed E-state index contributed by atoms with van der Waals surface area (Å²) in [6.45, 7) is 0.0776. The van der Waals surface area contributed by atoms with Crippen LogP contribution in [0, 0.1) is 29.1 Å². The molecule has 0 atom stereocenters. The Bertz CT molecular complexity index is 1020. The van der Waals surface area contributed by atoms with Gasteiger partial charge in [-0.25, -0.2) is 18.0 Å². The summed E-state index contributed by atoms with van der Waals surface area (Å²) in [5.74, 6) is -16.0. The van der Waals surface area contributed by atoms with E-state index in [0.29, 0.717) is 0 Å². The first-order chi connectivity index (χ1) is 17.2. The summed E-state index contributed by atoms with van der Waals surface area (Å²) < 4.78 is 90.5. The van der Waals surface area contributed by atoms with E-state index in [2.05, 4.69) is 4.74 Å². The Morgan fingerprint density at radius 2 is 1.08 bits per heavy atom. The molecule has 0 heterocycles. The number of rotatable bonds is 15. The molecule has 2 aromatic carbocycles. The lowest BCUT2D eigenvalue weighted by Crippen LogP contribution is -2.20. The number of ether oxygens (including phenoxy) is 5. The first-order valence-electron chi connectivity index (χ1n) is 10.5. The van der Waals surface area contributed by atoms with E-state index in [9.17, 15) is 36.3 Å². The molecule has 2 aromatic rings. The van der Waals surface area contributed by atoms with Crippen molar-refractivity contribution in [2.24, 2.45) is 0 Å². The predicted octanol–water partition coefficient (Wildman–Crippen LogP) is 3.15. The molecular formula is C23H21F5O8. The maximum Gasteiger partial charge on any atom is 0.379 e. The topological polar surface area (TPSA) is 97.4 Å². The van der Waals surface area contributed by atoms with Gasteiger partial charge in [-0.1, -0.05) is 30.3 Å². The van der Waals surface area contributed by atoms with E-state index in [1.165, 1.54) is 12.1 Å². The van der Waals surface area contributed by atoms with Crippen LogP contribution in [0.4, 0.5) is 22.0 Å². The van der Waals surface area contributed by atoms with Gasteiger partial charge in [0, 0.05) is 5.56 Å². The molecular weight excluding hydrogens is 499 g/mol. The maximum absolute atomic E-state index is 13.5. The van der Waals surface area contributed by atoms with Gasteiger partial charge in [-0.2, -0.15) is 8.78 Å².